The minimum atomic E-state index is -1.00. The van der Waals surface area contributed by atoms with Gasteiger partial charge < -0.3 is 15.0 Å². The lowest BCUT2D eigenvalue weighted by molar-refractivity contribution is -0.123. The lowest BCUT2D eigenvalue weighted by Gasteiger charge is -2.35. The first-order valence-corrected chi connectivity index (χ1v) is 14.7. The summed E-state index contributed by atoms with van der Waals surface area (Å²) in [6, 6.07) is 18.7. The summed E-state index contributed by atoms with van der Waals surface area (Å²) in [7, 11) is 1.59. The highest BCUT2D eigenvalue weighted by Crippen LogP contribution is 2.32. The predicted molar refractivity (Wildman–Crippen MR) is 168 cm³/mol. The van der Waals surface area contributed by atoms with E-state index in [1.807, 2.05) is 24.3 Å². The molecule has 0 bridgehead atoms. The molecule has 1 unspecified atom stereocenters. The summed E-state index contributed by atoms with van der Waals surface area (Å²) < 4.78 is 5.20. The smallest absolute Gasteiger partial charge is 0.277 e. The topological polar surface area (TPSA) is 121 Å². The molecule has 5 rings (SSSR count). The fourth-order valence-corrected chi connectivity index (χ4v) is 5.39. The Morgan fingerprint density at radius 2 is 1.68 bits per heavy atom. The van der Waals surface area contributed by atoms with Crippen molar-refractivity contribution in [3.8, 4) is 5.75 Å². The molecular formula is C34H38N6O4. The van der Waals surface area contributed by atoms with Gasteiger partial charge in [-0.05, 0) is 72.4 Å². The molecule has 1 fully saturated rings. The lowest BCUT2D eigenvalue weighted by atomic mass is 9.87. The van der Waals surface area contributed by atoms with E-state index in [9.17, 15) is 14.4 Å². The van der Waals surface area contributed by atoms with Crippen molar-refractivity contribution < 1.29 is 19.1 Å². The summed E-state index contributed by atoms with van der Waals surface area (Å²) in [5, 5.41) is 9.89. The number of hydrogen-bond donors (Lipinski definition) is 2. The Balaban J connectivity index is 1.38. The third-order valence-electron chi connectivity index (χ3n) is 7.93. The Kier molecular flexibility index (Phi) is 9.08. The van der Waals surface area contributed by atoms with Gasteiger partial charge in [0.1, 0.15) is 17.5 Å². The van der Waals surface area contributed by atoms with E-state index in [1.165, 1.54) is 11.1 Å². The van der Waals surface area contributed by atoms with Gasteiger partial charge in [0.15, 0.2) is 0 Å². The monoisotopic (exact) mass is 594 g/mol. The third kappa shape index (κ3) is 6.80. The number of amides is 3. The van der Waals surface area contributed by atoms with Crippen molar-refractivity contribution in [3.05, 3.63) is 108 Å². The molecule has 0 radical (unpaired) electrons. The maximum absolute atomic E-state index is 14.2. The molecule has 10 nitrogen and oxygen atoms in total. The van der Waals surface area contributed by atoms with Crippen LogP contribution < -0.4 is 15.0 Å². The van der Waals surface area contributed by atoms with E-state index in [-0.39, 0.29) is 29.0 Å². The molecule has 2 aromatic carbocycles. The Morgan fingerprint density at radius 1 is 0.977 bits per heavy atom. The SMILES string of the molecule is COc1ccc(C(=O)N2CCC(NC(=O)C(c3cccnc3)N(C(=O)c3ccn[nH]3)c3ccc(C(C)(C)C)cc3)CC2)cc1. The number of benzene rings is 2. The molecule has 1 atom stereocenters. The molecule has 2 aromatic heterocycles. The number of carbonyl (C=O) groups is 3. The number of piperidine rings is 1. The zero-order chi connectivity index (χ0) is 31.3. The quantitative estimate of drug-likeness (QED) is 0.299. The van der Waals surface area contributed by atoms with Crippen molar-refractivity contribution in [1.82, 2.24) is 25.4 Å². The number of nitrogens with one attached hydrogen (secondary N) is 2. The van der Waals surface area contributed by atoms with Gasteiger partial charge in [-0.15, -0.1) is 0 Å². The molecule has 10 heteroatoms. The molecule has 1 aliphatic heterocycles. The van der Waals surface area contributed by atoms with Crippen LogP contribution in [0.3, 0.4) is 0 Å². The van der Waals surface area contributed by atoms with Gasteiger partial charge in [-0.2, -0.15) is 5.10 Å². The minimum absolute atomic E-state index is 0.0549. The number of methoxy groups -OCH3 is 1. The lowest BCUT2D eigenvalue weighted by Crippen LogP contribution is -2.50. The van der Waals surface area contributed by atoms with Gasteiger partial charge >= 0.3 is 0 Å². The van der Waals surface area contributed by atoms with Crippen molar-refractivity contribution in [2.24, 2.45) is 0 Å². The summed E-state index contributed by atoms with van der Waals surface area (Å²) in [5.41, 5.74) is 3.02. The van der Waals surface area contributed by atoms with Crippen LogP contribution in [0.2, 0.25) is 0 Å². The number of H-pyrrole nitrogens is 1. The zero-order valence-electron chi connectivity index (χ0n) is 25.5. The second kappa shape index (κ2) is 13.1. The van der Waals surface area contributed by atoms with Crippen LogP contribution in [0, 0.1) is 0 Å². The van der Waals surface area contributed by atoms with Crippen LogP contribution >= 0.6 is 0 Å². The average Bonchev–Trinajstić information content (AvgIpc) is 3.59. The van der Waals surface area contributed by atoms with Crippen LogP contribution in [-0.4, -0.2) is 64.0 Å². The number of likely N-dealkylation sites (tertiary alicyclic amines) is 1. The maximum Gasteiger partial charge on any atom is 0.277 e. The van der Waals surface area contributed by atoms with Crippen molar-refractivity contribution >= 4 is 23.4 Å². The molecule has 2 N–H and O–H groups in total. The number of nitrogens with zero attached hydrogens (tertiary/aromatic N) is 4. The first kappa shape index (κ1) is 30.5. The average molecular weight is 595 g/mol. The van der Waals surface area contributed by atoms with Crippen LogP contribution in [0.5, 0.6) is 5.75 Å². The summed E-state index contributed by atoms with van der Waals surface area (Å²) in [4.78, 5) is 48.8. The van der Waals surface area contributed by atoms with Gasteiger partial charge in [0.05, 0.1) is 7.11 Å². The molecular weight excluding hydrogens is 556 g/mol. The van der Waals surface area contributed by atoms with E-state index in [1.54, 1.807) is 66.9 Å². The van der Waals surface area contributed by atoms with Crippen LogP contribution in [-0.2, 0) is 10.2 Å². The second-order valence-electron chi connectivity index (χ2n) is 11.9. The highest BCUT2D eigenvalue weighted by Gasteiger charge is 2.36. The fourth-order valence-electron chi connectivity index (χ4n) is 5.39. The molecule has 0 saturated carbocycles. The molecule has 3 heterocycles. The first-order valence-electron chi connectivity index (χ1n) is 14.7. The van der Waals surface area contributed by atoms with Gasteiger partial charge in [0.2, 0.25) is 5.91 Å². The Hall–Kier alpha value is -4.99. The number of rotatable bonds is 8. The standard InChI is InChI=1S/C34H38N6O4/c1-34(2,3)25-9-11-27(12-10-25)40(33(43)29-15-19-36-38-29)30(24-6-5-18-35-22-24)31(41)37-26-16-20-39(21-17-26)32(42)23-7-13-28(44-4)14-8-23/h5-15,18-19,22,26,30H,16-17,20-21H2,1-4H3,(H,36,38)(H,37,41). The number of aromatic amines is 1. The largest absolute Gasteiger partial charge is 0.497 e. The second-order valence-corrected chi connectivity index (χ2v) is 11.9. The number of pyridine rings is 1. The molecule has 228 valence electrons. The molecule has 3 amide bonds. The summed E-state index contributed by atoms with van der Waals surface area (Å²) in [6.45, 7) is 7.36. The molecule has 0 spiro atoms. The van der Waals surface area contributed by atoms with Crippen LogP contribution in [0.25, 0.3) is 0 Å². The van der Waals surface area contributed by atoms with E-state index >= 15 is 0 Å². The van der Waals surface area contributed by atoms with Crippen molar-refractivity contribution in [2.45, 2.75) is 51.1 Å². The van der Waals surface area contributed by atoms with Gasteiger partial charge in [-0.1, -0.05) is 39.0 Å². The van der Waals surface area contributed by atoms with E-state index < -0.39 is 11.9 Å². The maximum atomic E-state index is 14.2. The number of carbonyl (C=O) groups excluding carboxylic acids is 3. The van der Waals surface area contributed by atoms with E-state index in [0.717, 1.165) is 5.56 Å². The highest BCUT2D eigenvalue weighted by molar-refractivity contribution is 6.09. The van der Waals surface area contributed by atoms with Crippen molar-refractivity contribution in [1.29, 1.82) is 0 Å². The fraction of sp³-hybridized carbons (Fsp3) is 0.324. The summed E-state index contributed by atoms with van der Waals surface area (Å²) >= 11 is 0. The summed E-state index contributed by atoms with van der Waals surface area (Å²) in [6.07, 6.45) is 5.92. The highest BCUT2D eigenvalue weighted by atomic mass is 16.5. The van der Waals surface area contributed by atoms with Crippen LogP contribution in [0.4, 0.5) is 5.69 Å². The third-order valence-corrected chi connectivity index (χ3v) is 7.93. The predicted octanol–water partition coefficient (Wildman–Crippen LogP) is 4.92. The number of aromatic nitrogens is 3. The zero-order valence-corrected chi connectivity index (χ0v) is 25.5. The Bertz CT molecular complexity index is 1560. The van der Waals surface area contributed by atoms with Crippen molar-refractivity contribution in [2.75, 3.05) is 25.1 Å². The molecule has 4 aromatic rings. The summed E-state index contributed by atoms with van der Waals surface area (Å²) in [5.74, 6) is -0.0855. The first-order chi connectivity index (χ1) is 21.2. The Labute approximate surface area is 257 Å². The van der Waals surface area contributed by atoms with E-state index in [2.05, 4.69) is 41.3 Å². The number of ether oxygens (including phenoxy) is 1. The van der Waals surface area contributed by atoms with E-state index in [4.69, 9.17) is 4.74 Å². The van der Waals surface area contributed by atoms with Crippen LogP contribution in [0.1, 0.15) is 71.6 Å². The number of anilines is 1. The van der Waals surface area contributed by atoms with Gasteiger partial charge in [0, 0.05) is 54.5 Å². The molecule has 1 saturated heterocycles. The molecule has 1 aliphatic rings. The van der Waals surface area contributed by atoms with Gasteiger partial charge in [0.25, 0.3) is 11.8 Å². The Morgan fingerprint density at radius 3 is 2.25 bits per heavy atom. The minimum Gasteiger partial charge on any atom is -0.497 e. The molecule has 0 aliphatic carbocycles. The molecule has 44 heavy (non-hydrogen) atoms. The van der Waals surface area contributed by atoms with Crippen LogP contribution in [0.15, 0.2) is 85.3 Å². The number of hydrogen-bond acceptors (Lipinski definition) is 6. The van der Waals surface area contributed by atoms with Gasteiger partial charge in [-0.3, -0.25) is 29.4 Å². The normalized spacial score (nSPS) is 14.5. The van der Waals surface area contributed by atoms with Gasteiger partial charge in [-0.25, -0.2) is 0 Å². The van der Waals surface area contributed by atoms with E-state index in [0.29, 0.717) is 48.5 Å². The van der Waals surface area contributed by atoms with Crippen molar-refractivity contribution in [3.63, 3.8) is 0 Å².